The third-order valence-electron chi connectivity index (χ3n) is 2.53. The molecule has 3 heteroatoms. The van der Waals surface area contributed by atoms with Gasteiger partial charge in [-0.05, 0) is 32.0 Å². The maximum absolute atomic E-state index is 10.0. The van der Waals surface area contributed by atoms with Gasteiger partial charge >= 0.3 is 0 Å². The molecule has 1 aromatic heterocycles. The third-order valence-corrected chi connectivity index (χ3v) is 2.53. The Labute approximate surface area is 88.7 Å². The van der Waals surface area contributed by atoms with Crippen LogP contribution < -0.4 is 4.74 Å². The Morgan fingerprint density at radius 3 is 2.67 bits per heavy atom. The van der Waals surface area contributed by atoms with Crippen LogP contribution in [0.5, 0.6) is 5.75 Å². The number of benzene rings is 1. The number of aromatic nitrogens is 1. The number of H-pyrrole nitrogens is 1. The molecule has 0 saturated carbocycles. The minimum absolute atomic E-state index is 0.717. The van der Waals surface area contributed by atoms with Crippen LogP contribution >= 0.6 is 0 Å². The molecule has 0 aliphatic rings. The van der Waals surface area contributed by atoms with Gasteiger partial charge in [-0.25, -0.2) is 0 Å². The Bertz CT molecular complexity index is 480. The Balaban J connectivity index is 2.70. The molecular formula is C12H15NO2. The maximum Gasteiger partial charge on any atom is 0.125 e. The smallest absolute Gasteiger partial charge is 0.125 e. The first-order valence-electron chi connectivity index (χ1n) is 4.90. The molecule has 3 nitrogen and oxygen atoms in total. The molecule has 0 atom stereocenters. The van der Waals surface area contributed by atoms with Crippen molar-refractivity contribution in [1.29, 1.82) is 0 Å². The number of fused-ring (bicyclic) bond motifs is 1. The second-order valence-electron chi connectivity index (χ2n) is 4.18. The van der Waals surface area contributed by atoms with Crippen LogP contribution in [0.4, 0.5) is 0 Å². The van der Waals surface area contributed by atoms with Gasteiger partial charge in [0.1, 0.15) is 5.75 Å². The number of aliphatic hydroxyl groups is 1. The highest BCUT2D eigenvalue weighted by Gasteiger charge is 2.21. The van der Waals surface area contributed by atoms with Gasteiger partial charge in [0.05, 0.1) is 12.7 Å². The molecule has 2 aromatic rings. The van der Waals surface area contributed by atoms with Crippen LogP contribution in [0.3, 0.4) is 0 Å². The van der Waals surface area contributed by atoms with Crippen LogP contribution in [0.25, 0.3) is 10.9 Å². The van der Waals surface area contributed by atoms with Crippen LogP contribution in [0.2, 0.25) is 0 Å². The normalized spacial score (nSPS) is 12.0. The van der Waals surface area contributed by atoms with Gasteiger partial charge in [-0.2, -0.15) is 0 Å². The van der Waals surface area contributed by atoms with E-state index in [-0.39, 0.29) is 0 Å². The van der Waals surface area contributed by atoms with Crippen molar-refractivity contribution in [2.45, 2.75) is 19.4 Å². The lowest BCUT2D eigenvalue weighted by Gasteiger charge is -2.20. The van der Waals surface area contributed by atoms with E-state index < -0.39 is 5.60 Å². The SMILES string of the molecule is COc1cc2cc[nH]c2cc1C(C)(C)O. The molecule has 0 spiro atoms. The summed E-state index contributed by atoms with van der Waals surface area (Å²) in [5.41, 5.74) is 0.901. The summed E-state index contributed by atoms with van der Waals surface area (Å²) < 4.78 is 5.28. The van der Waals surface area contributed by atoms with Crippen molar-refractivity contribution in [1.82, 2.24) is 4.98 Å². The summed E-state index contributed by atoms with van der Waals surface area (Å²) in [6, 6.07) is 5.83. The van der Waals surface area contributed by atoms with Gasteiger partial charge < -0.3 is 14.8 Å². The van der Waals surface area contributed by atoms with E-state index in [0.29, 0.717) is 0 Å². The van der Waals surface area contributed by atoms with Gasteiger partial charge in [0.25, 0.3) is 0 Å². The van der Waals surface area contributed by atoms with Crippen LogP contribution in [0, 0.1) is 0 Å². The van der Waals surface area contributed by atoms with Gasteiger partial charge in [0.2, 0.25) is 0 Å². The molecular weight excluding hydrogens is 190 g/mol. The first-order chi connectivity index (χ1) is 7.02. The highest BCUT2D eigenvalue weighted by atomic mass is 16.5. The standard InChI is InChI=1S/C12H15NO2/c1-12(2,14)9-7-10-8(4-5-13-10)6-11(9)15-3/h4-7,13-14H,1-3H3. The zero-order chi connectivity index (χ0) is 11.1. The molecule has 0 bridgehead atoms. The molecule has 1 aromatic carbocycles. The van der Waals surface area contributed by atoms with Crippen molar-refractivity contribution in [3.8, 4) is 5.75 Å². The average molecular weight is 205 g/mol. The van der Waals surface area contributed by atoms with Gasteiger partial charge in [-0.15, -0.1) is 0 Å². The lowest BCUT2D eigenvalue weighted by Crippen LogP contribution is -2.16. The quantitative estimate of drug-likeness (QED) is 0.790. The van der Waals surface area contributed by atoms with Crippen molar-refractivity contribution in [2.75, 3.05) is 7.11 Å². The van der Waals surface area contributed by atoms with E-state index >= 15 is 0 Å². The van der Waals surface area contributed by atoms with Gasteiger partial charge in [0.15, 0.2) is 0 Å². The molecule has 0 aliphatic carbocycles. The molecule has 0 unspecified atom stereocenters. The fraction of sp³-hybridized carbons (Fsp3) is 0.333. The van der Waals surface area contributed by atoms with Crippen molar-refractivity contribution in [2.24, 2.45) is 0 Å². The molecule has 0 radical (unpaired) electrons. The molecule has 0 saturated heterocycles. The van der Waals surface area contributed by atoms with E-state index in [9.17, 15) is 5.11 Å². The van der Waals surface area contributed by atoms with E-state index in [1.54, 1.807) is 21.0 Å². The molecule has 0 amide bonds. The lowest BCUT2D eigenvalue weighted by molar-refractivity contribution is 0.0758. The van der Waals surface area contributed by atoms with E-state index in [0.717, 1.165) is 22.2 Å². The zero-order valence-electron chi connectivity index (χ0n) is 9.16. The highest BCUT2D eigenvalue weighted by Crippen LogP contribution is 2.32. The van der Waals surface area contributed by atoms with Crippen molar-refractivity contribution >= 4 is 10.9 Å². The van der Waals surface area contributed by atoms with Crippen molar-refractivity contribution < 1.29 is 9.84 Å². The minimum Gasteiger partial charge on any atom is -0.496 e. The average Bonchev–Trinajstić information content (AvgIpc) is 2.60. The minimum atomic E-state index is -0.898. The summed E-state index contributed by atoms with van der Waals surface area (Å²) in [4.78, 5) is 3.12. The first-order valence-corrected chi connectivity index (χ1v) is 4.90. The molecule has 0 aliphatic heterocycles. The highest BCUT2D eigenvalue weighted by molar-refractivity contribution is 5.82. The molecule has 1 heterocycles. The Hall–Kier alpha value is -1.48. The van der Waals surface area contributed by atoms with Gasteiger partial charge in [0, 0.05) is 22.7 Å². The van der Waals surface area contributed by atoms with E-state index in [1.165, 1.54) is 0 Å². The molecule has 15 heavy (non-hydrogen) atoms. The fourth-order valence-corrected chi connectivity index (χ4v) is 1.73. The number of ether oxygens (including phenoxy) is 1. The van der Waals surface area contributed by atoms with Crippen LogP contribution in [-0.2, 0) is 5.60 Å². The predicted octanol–water partition coefficient (Wildman–Crippen LogP) is 2.40. The number of aromatic amines is 1. The van der Waals surface area contributed by atoms with Crippen LogP contribution in [0.15, 0.2) is 24.4 Å². The van der Waals surface area contributed by atoms with Gasteiger partial charge in [-0.3, -0.25) is 0 Å². The summed E-state index contributed by atoms with van der Waals surface area (Å²) >= 11 is 0. The van der Waals surface area contributed by atoms with Crippen LogP contribution in [0.1, 0.15) is 19.4 Å². The summed E-state index contributed by atoms with van der Waals surface area (Å²) in [5.74, 6) is 0.717. The second kappa shape index (κ2) is 3.28. The Kier molecular flexibility index (Phi) is 2.20. The molecule has 80 valence electrons. The largest absolute Gasteiger partial charge is 0.496 e. The number of methoxy groups -OCH3 is 1. The van der Waals surface area contributed by atoms with Gasteiger partial charge in [-0.1, -0.05) is 0 Å². The lowest BCUT2D eigenvalue weighted by atomic mass is 9.96. The number of hydrogen-bond donors (Lipinski definition) is 2. The summed E-state index contributed by atoms with van der Waals surface area (Å²) in [7, 11) is 1.61. The Morgan fingerprint density at radius 2 is 2.07 bits per heavy atom. The molecule has 0 fully saturated rings. The summed E-state index contributed by atoms with van der Waals surface area (Å²) in [6.45, 7) is 3.50. The Morgan fingerprint density at radius 1 is 1.33 bits per heavy atom. The number of nitrogens with one attached hydrogen (secondary N) is 1. The number of rotatable bonds is 2. The maximum atomic E-state index is 10.0. The number of hydrogen-bond acceptors (Lipinski definition) is 2. The zero-order valence-corrected chi connectivity index (χ0v) is 9.16. The van der Waals surface area contributed by atoms with Crippen molar-refractivity contribution in [3.63, 3.8) is 0 Å². The van der Waals surface area contributed by atoms with E-state index in [2.05, 4.69) is 4.98 Å². The second-order valence-corrected chi connectivity index (χ2v) is 4.18. The summed E-state index contributed by atoms with van der Waals surface area (Å²) in [5, 5.41) is 11.1. The molecule has 2 N–H and O–H groups in total. The monoisotopic (exact) mass is 205 g/mol. The summed E-state index contributed by atoms with van der Waals surface area (Å²) in [6.07, 6.45) is 1.87. The van der Waals surface area contributed by atoms with E-state index in [4.69, 9.17) is 4.74 Å². The van der Waals surface area contributed by atoms with Crippen molar-refractivity contribution in [3.05, 3.63) is 30.0 Å². The topological polar surface area (TPSA) is 45.2 Å². The van der Waals surface area contributed by atoms with E-state index in [1.807, 2.05) is 24.4 Å². The third kappa shape index (κ3) is 1.70. The molecule has 2 rings (SSSR count). The predicted molar refractivity (Wildman–Crippen MR) is 60.1 cm³/mol. The first kappa shape index (κ1) is 10.1. The van der Waals surface area contributed by atoms with Crippen LogP contribution in [-0.4, -0.2) is 17.2 Å². The fourth-order valence-electron chi connectivity index (χ4n) is 1.73.